The molecule has 1 amide bonds. The van der Waals surface area contributed by atoms with E-state index < -0.39 is 30.7 Å². The normalized spacial score (nSPS) is 13.1. The number of nitrogens with one attached hydrogen (secondary N) is 1. The summed E-state index contributed by atoms with van der Waals surface area (Å²) in [5.74, 6) is -0.583. The van der Waals surface area contributed by atoms with E-state index in [0.717, 1.165) is 11.6 Å². The number of alkyl carbamates (subject to hydrolysis) is 1. The Morgan fingerprint density at radius 1 is 1.15 bits per heavy atom. The Morgan fingerprint density at radius 2 is 1.88 bits per heavy atom. The molecule has 6 nitrogen and oxygen atoms in total. The molecule has 140 valence electrons. The molecule has 2 aromatic rings. The van der Waals surface area contributed by atoms with E-state index in [1.54, 1.807) is 0 Å². The van der Waals surface area contributed by atoms with Crippen molar-refractivity contribution >= 4 is 6.09 Å². The molecule has 2 aromatic carbocycles. The summed E-state index contributed by atoms with van der Waals surface area (Å²) in [4.78, 5) is 11.6. The zero-order valence-corrected chi connectivity index (χ0v) is 14.1. The number of aliphatic hydroxyl groups excluding tert-OH is 3. The van der Waals surface area contributed by atoms with Crippen LogP contribution in [0.3, 0.4) is 0 Å². The van der Waals surface area contributed by atoms with E-state index in [9.17, 15) is 19.4 Å². The molecule has 0 heterocycles. The van der Waals surface area contributed by atoms with Crippen molar-refractivity contribution in [3.05, 3.63) is 71.0 Å². The lowest BCUT2D eigenvalue weighted by Gasteiger charge is -2.19. The summed E-state index contributed by atoms with van der Waals surface area (Å²) < 4.78 is 18.4. The summed E-state index contributed by atoms with van der Waals surface area (Å²) in [5.41, 5.74) is 1.18. The maximum atomic E-state index is 13.4. The van der Waals surface area contributed by atoms with Crippen LogP contribution in [0.15, 0.2) is 48.5 Å². The molecule has 0 fully saturated rings. The molecule has 0 saturated heterocycles. The molecule has 7 heteroatoms. The van der Waals surface area contributed by atoms with Gasteiger partial charge in [0.15, 0.2) is 0 Å². The minimum absolute atomic E-state index is 0.0383. The molecule has 2 unspecified atom stereocenters. The van der Waals surface area contributed by atoms with Gasteiger partial charge in [0.2, 0.25) is 0 Å². The molecule has 4 N–H and O–H groups in total. The topological polar surface area (TPSA) is 99.0 Å². The molecule has 0 aromatic heterocycles. The number of rotatable bonds is 8. The van der Waals surface area contributed by atoms with Gasteiger partial charge in [-0.2, -0.15) is 0 Å². The molecule has 0 radical (unpaired) electrons. The van der Waals surface area contributed by atoms with Crippen LogP contribution >= 0.6 is 0 Å². The highest BCUT2D eigenvalue weighted by Crippen LogP contribution is 2.21. The first-order valence-electron chi connectivity index (χ1n) is 8.21. The van der Waals surface area contributed by atoms with Gasteiger partial charge in [0.25, 0.3) is 0 Å². The molecule has 0 bridgehead atoms. The van der Waals surface area contributed by atoms with Crippen molar-refractivity contribution in [2.75, 3.05) is 6.54 Å². The van der Waals surface area contributed by atoms with E-state index in [1.165, 1.54) is 12.1 Å². The van der Waals surface area contributed by atoms with Gasteiger partial charge >= 0.3 is 6.09 Å². The van der Waals surface area contributed by atoms with Crippen LogP contribution < -0.4 is 5.32 Å². The zero-order chi connectivity index (χ0) is 18.9. The third kappa shape index (κ3) is 5.80. The van der Waals surface area contributed by atoms with Crippen molar-refractivity contribution in [3.8, 4) is 0 Å². The van der Waals surface area contributed by atoms with Crippen LogP contribution in [0.25, 0.3) is 0 Å². The van der Waals surface area contributed by atoms with Gasteiger partial charge in [0.05, 0.1) is 12.7 Å². The van der Waals surface area contributed by atoms with Crippen molar-refractivity contribution in [2.45, 2.75) is 31.8 Å². The molecule has 0 saturated carbocycles. The van der Waals surface area contributed by atoms with E-state index in [-0.39, 0.29) is 30.7 Å². The molecule has 26 heavy (non-hydrogen) atoms. The van der Waals surface area contributed by atoms with Crippen molar-refractivity contribution < 1.29 is 29.2 Å². The number of carbonyl (C=O) groups is 1. The average molecular weight is 363 g/mol. The van der Waals surface area contributed by atoms with Crippen LogP contribution in [0.4, 0.5) is 9.18 Å². The van der Waals surface area contributed by atoms with Crippen LogP contribution in [0.1, 0.15) is 29.2 Å². The first-order valence-corrected chi connectivity index (χ1v) is 8.21. The van der Waals surface area contributed by atoms with Gasteiger partial charge in [0, 0.05) is 12.1 Å². The molecular weight excluding hydrogens is 341 g/mol. The van der Waals surface area contributed by atoms with E-state index >= 15 is 0 Å². The second-order valence-electron chi connectivity index (χ2n) is 5.80. The summed E-state index contributed by atoms with van der Waals surface area (Å²) in [6.45, 7) is -0.269. The molecular formula is C19H22FNO5. The highest BCUT2D eigenvalue weighted by molar-refractivity contribution is 5.67. The number of amides is 1. The van der Waals surface area contributed by atoms with Crippen molar-refractivity contribution in [1.82, 2.24) is 5.32 Å². The Labute approximate surface area is 150 Å². The SMILES string of the molecule is O=C(NCCC(O)C(O)c1ccc(F)c(CO)c1)OCc1ccccc1. The Balaban J connectivity index is 1.75. The quantitative estimate of drug-likeness (QED) is 0.575. The summed E-state index contributed by atoms with van der Waals surface area (Å²) in [5, 5.41) is 31.7. The Bertz CT molecular complexity index is 710. The molecule has 2 rings (SSSR count). The van der Waals surface area contributed by atoms with Crippen molar-refractivity contribution in [1.29, 1.82) is 0 Å². The summed E-state index contributed by atoms with van der Waals surface area (Å²) in [7, 11) is 0. The summed E-state index contributed by atoms with van der Waals surface area (Å²) in [6.07, 6.45) is -2.97. The van der Waals surface area contributed by atoms with Crippen LogP contribution in [0, 0.1) is 5.82 Å². The maximum Gasteiger partial charge on any atom is 0.407 e. The summed E-state index contributed by atoms with van der Waals surface area (Å²) >= 11 is 0. The van der Waals surface area contributed by atoms with Gasteiger partial charge < -0.3 is 25.4 Å². The van der Waals surface area contributed by atoms with Crippen LogP contribution in [-0.4, -0.2) is 34.1 Å². The van der Waals surface area contributed by atoms with Gasteiger partial charge in [0.1, 0.15) is 18.5 Å². The van der Waals surface area contributed by atoms with Gasteiger partial charge in [-0.25, -0.2) is 9.18 Å². The zero-order valence-electron chi connectivity index (χ0n) is 14.1. The van der Waals surface area contributed by atoms with Crippen molar-refractivity contribution in [3.63, 3.8) is 0 Å². The van der Waals surface area contributed by atoms with Crippen LogP contribution in [0.2, 0.25) is 0 Å². The number of hydrogen-bond acceptors (Lipinski definition) is 5. The minimum Gasteiger partial charge on any atom is -0.445 e. The smallest absolute Gasteiger partial charge is 0.407 e. The molecule has 0 aliphatic carbocycles. The fraction of sp³-hybridized carbons (Fsp3) is 0.316. The van der Waals surface area contributed by atoms with Crippen LogP contribution in [-0.2, 0) is 18.0 Å². The lowest BCUT2D eigenvalue weighted by molar-refractivity contribution is 0.0135. The van der Waals surface area contributed by atoms with Gasteiger partial charge in [-0.3, -0.25) is 0 Å². The Morgan fingerprint density at radius 3 is 2.58 bits per heavy atom. The predicted molar refractivity (Wildman–Crippen MR) is 92.5 cm³/mol. The van der Waals surface area contributed by atoms with E-state index in [0.29, 0.717) is 0 Å². The maximum absolute atomic E-state index is 13.4. The monoisotopic (exact) mass is 363 g/mol. The molecule has 0 spiro atoms. The Hall–Kier alpha value is -2.48. The molecule has 2 atom stereocenters. The number of carbonyl (C=O) groups excluding carboxylic acids is 1. The Kier molecular flexibility index (Phi) is 7.53. The first-order chi connectivity index (χ1) is 12.5. The predicted octanol–water partition coefficient (Wildman–Crippen LogP) is 2.03. The van der Waals surface area contributed by atoms with E-state index in [2.05, 4.69) is 5.32 Å². The average Bonchev–Trinajstić information content (AvgIpc) is 2.67. The summed E-state index contributed by atoms with van der Waals surface area (Å²) in [6, 6.07) is 13.0. The van der Waals surface area contributed by atoms with Crippen LogP contribution in [0.5, 0.6) is 0 Å². The van der Waals surface area contributed by atoms with Gasteiger partial charge in [-0.05, 0) is 29.7 Å². The third-order valence-corrected chi connectivity index (χ3v) is 3.87. The van der Waals surface area contributed by atoms with E-state index in [4.69, 9.17) is 9.84 Å². The van der Waals surface area contributed by atoms with Gasteiger partial charge in [-0.1, -0.05) is 36.4 Å². The third-order valence-electron chi connectivity index (χ3n) is 3.87. The molecule has 0 aliphatic heterocycles. The minimum atomic E-state index is -1.26. The second kappa shape index (κ2) is 9.86. The molecule has 0 aliphatic rings. The number of hydrogen-bond donors (Lipinski definition) is 4. The fourth-order valence-corrected chi connectivity index (χ4v) is 2.38. The second-order valence-corrected chi connectivity index (χ2v) is 5.80. The number of benzene rings is 2. The number of ether oxygens (including phenoxy) is 1. The lowest BCUT2D eigenvalue weighted by Crippen LogP contribution is -2.29. The highest BCUT2D eigenvalue weighted by atomic mass is 19.1. The standard InChI is InChI=1S/C19H22FNO5/c20-16-7-6-14(10-15(16)11-22)18(24)17(23)8-9-21-19(25)26-12-13-4-2-1-3-5-13/h1-7,10,17-18,22-24H,8-9,11-12H2,(H,21,25). The number of aliphatic hydroxyl groups is 3. The largest absolute Gasteiger partial charge is 0.445 e. The lowest BCUT2D eigenvalue weighted by atomic mass is 10.00. The first kappa shape index (κ1) is 19.8. The van der Waals surface area contributed by atoms with Gasteiger partial charge in [-0.15, -0.1) is 0 Å². The van der Waals surface area contributed by atoms with Crippen molar-refractivity contribution in [2.24, 2.45) is 0 Å². The highest BCUT2D eigenvalue weighted by Gasteiger charge is 2.19. The number of halogens is 1. The fourth-order valence-electron chi connectivity index (χ4n) is 2.38. The van der Waals surface area contributed by atoms with E-state index in [1.807, 2.05) is 30.3 Å².